The fourth-order valence-corrected chi connectivity index (χ4v) is 2.38. The molecule has 0 amide bonds. The van der Waals surface area contributed by atoms with Crippen LogP contribution in [0.2, 0.25) is 10.0 Å². The third kappa shape index (κ3) is 3.23. The van der Waals surface area contributed by atoms with Crippen molar-refractivity contribution in [3.8, 4) is 0 Å². The Balaban J connectivity index is 2.36. The molecule has 0 radical (unpaired) electrons. The van der Waals surface area contributed by atoms with Gasteiger partial charge in [0, 0.05) is 14.5 Å². The number of hydrogen-bond donors (Lipinski definition) is 1. The summed E-state index contributed by atoms with van der Waals surface area (Å²) in [6.45, 7) is 0. The normalized spacial score (nSPS) is 12.5. The summed E-state index contributed by atoms with van der Waals surface area (Å²) in [6, 6.07) is 12.5. The van der Waals surface area contributed by atoms with Crippen molar-refractivity contribution in [3.05, 3.63) is 68.1 Å². The first-order valence-corrected chi connectivity index (χ1v) is 6.50. The highest BCUT2D eigenvalue weighted by atomic mass is 79.9. The molecule has 0 aromatic heterocycles. The lowest BCUT2D eigenvalue weighted by Crippen LogP contribution is -1.99. The Kier molecular flexibility index (Phi) is 4.10. The fourth-order valence-electron chi connectivity index (χ4n) is 1.57. The van der Waals surface area contributed by atoms with Crippen LogP contribution in [0.3, 0.4) is 0 Å². The predicted octanol–water partition coefficient (Wildman–Crippen LogP) is 4.84. The Morgan fingerprint density at radius 1 is 0.882 bits per heavy atom. The molecule has 1 N–H and O–H groups in total. The minimum absolute atomic E-state index is 0.517. The van der Waals surface area contributed by atoms with E-state index in [9.17, 15) is 5.11 Å². The van der Waals surface area contributed by atoms with Gasteiger partial charge in [0.1, 0.15) is 6.10 Å². The average molecular weight is 332 g/mol. The number of rotatable bonds is 2. The molecular formula is C13H9BrCl2O. The molecule has 88 valence electrons. The molecule has 2 rings (SSSR count). The van der Waals surface area contributed by atoms with E-state index in [0.717, 1.165) is 10.0 Å². The molecule has 0 spiro atoms. The molecule has 0 fully saturated rings. The molecule has 0 aliphatic carbocycles. The second kappa shape index (κ2) is 5.40. The monoisotopic (exact) mass is 330 g/mol. The number of benzene rings is 2. The van der Waals surface area contributed by atoms with Crippen LogP contribution in [0.15, 0.2) is 46.9 Å². The highest BCUT2D eigenvalue weighted by Gasteiger charge is 2.11. The first-order chi connectivity index (χ1) is 8.06. The van der Waals surface area contributed by atoms with Crippen molar-refractivity contribution in [2.75, 3.05) is 0 Å². The lowest BCUT2D eigenvalue weighted by molar-refractivity contribution is 0.220. The zero-order chi connectivity index (χ0) is 12.4. The van der Waals surface area contributed by atoms with Crippen LogP contribution in [-0.4, -0.2) is 5.11 Å². The van der Waals surface area contributed by atoms with E-state index in [1.807, 2.05) is 24.3 Å². The molecule has 17 heavy (non-hydrogen) atoms. The van der Waals surface area contributed by atoms with Gasteiger partial charge in [-0.25, -0.2) is 0 Å². The van der Waals surface area contributed by atoms with E-state index in [4.69, 9.17) is 23.2 Å². The van der Waals surface area contributed by atoms with Gasteiger partial charge in [-0.15, -0.1) is 0 Å². The van der Waals surface area contributed by atoms with Crippen molar-refractivity contribution in [2.24, 2.45) is 0 Å². The smallest absolute Gasteiger partial charge is 0.104 e. The van der Waals surface area contributed by atoms with Gasteiger partial charge in [-0.3, -0.25) is 0 Å². The van der Waals surface area contributed by atoms with Crippen LogP contribution >= 0.6 is 39.1 Å². The second-order valence-electron chi connectivity index (χ2n) is 3.66. The quantitative estimate of drug-likeness (QED) is 0.835. The van der Waals surface area contributed by atoms with Crippen molar-refractivity contribution in [3.63, 3.8) is 0 Å². The van der Waals surface area contributed by atoms with Gasteiger partial charge in [0.2, 0.25) is 0 Å². The van der Waals surface area contributed by atoms with Gasteiger partial charge < -0.3 is 5.11 Å². The Bertz CT molecular complexity index is 505. The maximum Gasteiger partial charge on any atom is 0.104 e. The zero-order valence-electron chi connectivity index (χ0n) is 8.70. The molecular weight excluding hydrogens is 323 g/mol. The first kappa shape index (κ1) is 12.9. The Morgan fingerprint density at radius 3 is 1.94 bits per heavy atom. The van der Waals surface area contributed by atoms with Crippen LogP contribution in [0.4, 0.5) is 0 Å². The van der Waals surface area contributed by atoms with Crippen molar-refractivity contribution in [1.29, 1.82) is 0 Å². The van der Waals surface area contributed by atoms with Gasteiger partial charge in [-0.05, 0) is 41.5 Å². The summed E-state index contributed by atoms with van der Waals surface area (Å²) >= 11 is 15.2. The van der Waals surface area contributed by atoms with Crippen molar-refractivity contribution >= 4 is 39.1 Å². The molecule has 1 atom stereocenters. The lowest BCUT2D eigenvalue weighted by atomic mass is 10.0. The van der Waals surface area contributed by atoms with Crippen LogP contribution in [0.1, 0.15) is 17.2 Å². The minimum Gasteiger partial charge on any atom is -0.384 e. The fraction of sp³-hybridized carbons (Fsp3) is 0.0769. The first-order valence-electron chi connectivity index (χ1n) is 4.96. The van der Waals surface area contributed by atoms with Gasteiger partial charge in [0.25, 0.3) is 0 Å². The molecule has 0 heterocycles. The van der Waals surface area contributed by atoms with E-state index in [-0.39, 0.29) is 0 Å². The van der Waals surface area contributed by atoms with Crippen LogP contribution < -0.4 is 0 Å². The summed E-state index contributed by atoms with van der Waals surface area (Å²) in [6.07, 6.45) is -0.723. The minimum atomic E-state index is -0.723. The van der Waals surface area contributed by atoms with Crippen molar-refractivity contribution in [2.45, 2.75) is 6.10 Å². The SMILES string of the molecule is OC(c1ccc(Br)cc1)c1cc(Cl)cc(Cl)c1. The van der Waals surface area contributed by atoms with Gasteiger partial charge in [0.15, 0.2) is 0 Å². The molecule has 4 heteroatoms. The topological polar surface area (TPSA) is 20.2 Å². The van der Waals surface area contributed by atoms with Crippen molar-refractivity contribution in [1.82, 2.24) is 0 Å². The molecule has 2 aromatic rings. The molecule has 0 saturated heterocycles. The van der Waals surface area contributed by atoms with E-state index in [1.165, 1.54) is 0 Å². The Morgan fingerprint density at radius 2 is 1.41 bits per heavy atom. The summed E-state index contributed by atoms with van der Waals surface area (Å²) < 4.78 is 0.970. The lowest BCUT2D eigenvalue weighted by Gasteiger charge is -2.12. The third-order valence-corrected chi connectivity index (χ3v) is 3.35. The van der Waals surface area contributed by atoms with E-state index < -0.39 is 6.10 Å². The van der Waals surface area contributed by atoms with Crippen LogP contribution in [-0.2, 0) is 0 Å². The Hall–Kier alpha value is -0.540. The van der Waals surface area contributed by atoms with Gasteiger partial charge in [-0.2, -0.15) is 0 Å². The summed E-state index contributed by atoms with van der Waals surface area (Å²) in [7, 11) is 0. The van der Waals surface area contributed by atoms with E-state index in [2.05, 4.69) is 15.9 Å². The summed E-state index contributed by atoms with van der Waals surface area (Å²) in [4.78, 5) is 0. The molecule has 1 unspecified atom stereocenters. The number of aliphatic hydroxyl groups excluding tert-OH is 1. The maximum absolute atomic E-state index is 10.2. The van der Waals surface area contributed by atoms with E-state index in [0.29, 0.717) is 15.6 Å². The van der Waals surface area contributed by atoms with Crippen molar-refractivity contribution < 1.29 is 5.11 Å². The van der Waals surface area contributed by atoms with Crippen LogP contribution in [0.25, 0.3) is 0 Å². The Labute approximate surface area is 118 Å². The largest absolute Gasteiger partial charge is 0.384 e. The standard InChI is InChI=1S/C13H9BrCl2O/c14-10-3-1-8(2-4-10)13(17)9-5-11(15)7-12(16)6-9/h1-7,13,17H. The average Bonchev–Trinajstić information content (AvgIpc) is 2.28. The third-order valence-electron chi connectivity index (χ3n) is 2.39. The van der Waals surface area contributed by atoms with Gasteiger partial charge in [0.05, 0.1) is 0 Å². The van der Waals surface area contributed by atoms with E-state index >= 15 is 0 Å². The van der Waals surface area contributed by atoms with Gasteiger partial charge in [-0.1, -0.05) is 51.3 Å². The number of aliphatic hydroxyl groups is 1. The molecule has 0 aliphatic heterocycles. The van der Waals surface area contributed by atoms with Crippen LogP contribution in [0.5, 0.6) is 0 Å². The molecule has 2 aromatic carbocycles. The maximum atomic E-state index is 10.2. The molecule has 0 bridgehead atoms. The van der Waals surface area contributed by atoms with Gasteiger partial charge >= 0.3 is 0 Å². The summed E-state index contributed by atoms with van der Waals surface area (Å²) in [5.41, 5.74) is 1.48. The number of halogens is 3. The summed E-state index contributed by atoms with van der Waals surface area (Å²) in [5, 5.41) is 11.2. The predicted molar refractivity (Wildman–Crippen MR) is 74.7 cm³/mol. The second-order valence-corrected chi connectivity index (χ2v) is 5.45. The highest BCUT2D eigenvalue weighted by Crippen LogP contribution is 2.28. The summed E-state index contributed by atoms with van der Waals surface area (Å²) in [5.74, 6) is 0. The van der Waals surface area contributed by atoms with Crippen LogP contribution in [0, 0.1) is 0 Å². The molecule has 0 aliphatic rings. The molecule has 1 nitrogen and oxygen atoms in total. The van der Waals surface area contributed by atoms with E-state index in [1.54, 1.807) is 18.2 Å². The number of hydrogen-bond acceptors (Lipinski definition) is 1. The highest BCUT2D eigenvalue weighted by molar-refractivity contribution is 9.10. The molecule has 0 saturated carbocycles. The zero-order valence-corrected chi connectivity index (χ0v) is 11.8.